The largest absolute Gasteiger partial charge is 0.369 e. The first-order valence-electron chi connectivity index (χ1n) is 7.08. The number of nitrogens with zero attached hydrogens (tertiary/aromatic N) is 2. The molecule has 1 heterocycles. The Morgan fingerprint density at radius 2 is 2.11 bits per heavy atom. The molecule has 0 aliphatic heterocycles. The number of nitrogens with two attached hydrogens (primary N) is 1. The highest BCUT2D eigenvalue weighted by Crippen LogP contribution is 2.23. The highest BCUT2D eigenvalue weighted by atomic mass is 15.0. The molecule has 0 radical (unpaired) electrons. The smallest absolute Gasteiger partial charge is 0.132 e. The normalized spacial score (nSPS) is 16.8. The summed E-state index contributed by atoms with van der Waals surface area (Å²) in [6, 6.07) is 0. The van der Waals surface area contributed by atoms with E-state index in [4.69, 9.17) is 5.73 Å². The van der Waals surface area contributed by atoms with Crippen LogP contribution in [0.25, 0.3) is 0 Å². The Balaban J connectivity index is 2.04. The fourth-order valence-electron chi connectivity index (χ4n) is 2.51. The van der Waals surface area contributed by atoms with E-state index in [2.05, 4.69) is 22.2 Å². The summed E-state index contributed by atoms with van der Waals surface area (Å²) in [7, 11) is 0. The van der Waals surface area contributed by atoms with Gasteiger partial charge in [0.05, 0.1) is 0 Å². The van der Waals surface area contributed by atoms with Crippen LogP contribution in [0.15, 0.2) is 6.33 Å². The zero-order valence-electron chi connectivity index (χ0n) is 11.3. The van der Waals surface area contributed by atoms with Crippen molar-refractivity contribution in [3.8, 4) is 0 Å². The van der Waals surface area contributed by atoms with Crippen LogP contribution in [0.1, 0.15) is 43.9 Å². The van der Waals surface area contributed by atoms with Gasteiger partial charge in [0, 0.05) is 17.8 Å². The average Bonchev–Trinajstić information content (AvgIpc) is 2.62. The van der Waals surface area contributed by atoms with Crippen molar-refractivity contribution in [2.75, 3.05) is 18.4 Å². The minimum Gasteiger partial charge on any atom is -0.369 e. The van der Waals surface area contributed by atoms with Crippen LogP contribution < -0.4 is 11.1 Å². The molecular weight excluding hydrogens is 224 g/mol. The van der Waals surface area contributed by atoms with Crippen LogP contribution in [-0.4, -0.2) is 23.1 Å². The molecule has 1 aromatic rings. The van der Waals surface area contributed by atoms with Crippen LogP contribution >= 0.6 is 0 Å². The van der Waals surface area contributed by atoms with Crippen molar-refractivity contribution in [2.45, 2.75) is 45.4 Å². The van der Waals surface area contributed by atoms with E-state index in [-0.39, 0.29) is 0 Å². The van der Waals surface area contributed by atoms with Gasteiger partial charge in [-0.15, -0.1) is 0 Å². The number of aryl methyl sites for hydroxylation is 1. The highest BCUT2D eigenvalue weighted by molar-refractivity contribution is 5.46. The van der Waals surface area contributed by atoms with Gasteiger partial charge in [0.2, 0.25) is 0 Å². The van der Waals surface area contributed by atoms with Gasteiger partial charge in [0.15, 0.2) is 0 Å². The molecule has 3 N–H and O–H groups in total. The lowest BCUT2D eigenvalue weighted by Gasteiger charge is -2.15. The summed E-state index contributed by atoms with van der Waals surface area (Å²) in [4.78, 5) is 8.84. The van der Waals surface area contributed by atoms with Crippen molar-refractivity contribution in [2.24, 2.45) is 11.7 Å². The van der Waals surface area contributed by atoms with Gasteiger partial charge in [-0.25, -0.2) is 9.97 Å². The number of hydrogen-bond acceptors (Lipinski definition) is 4. The molecule has 1 aromatic heterocycles. The van der Waals surface area contributed by atoms with Crippen molar-refractivity contribution in [1.82, 2.24) is 9.97 Å². The lowest BCUT2D eigenvalue weighted by molar-refractivity contribution is 0.567. The van der Waals surface area contributed by atoms with Gasteiger partial charge in [0.1, 0.15) is 12.1 Å². The second kappa shape index (κ2) is 6.69. The topological polar surface area (TPSA) is 63.8 Å². The molecule has 100 valence electrons. The average molecular weight is 248 g/mol. The molecule has 1 aliphatic rings. The van der Waals surface area contributed by atoms with Crippen LogP contribution in [0.2, 0.25) is 0 Å². The van der Waals surface area contributed by atoms with Gasteiger partial charge in [-0.3, -0.25) is 0 Å². The third-order valence-electron chi connectivity index (χ3n) is 3.65. The minimum atomic E-state index is 0.589. The van der Waals surface area contributed by atoms with Crippen LogP contribution in [0.4, 0.5) is 5.82 Å². The summed E-state index contributed by atoms with van der Waals surface area (Å²) >= 11 is 0. The van der Waals surface area contributed by atoms with E-state index in [1.807, 2.05) is 0 Å². The number of rotatable bonds is 5. The van der Waals surface area contributed by atoms with Crippen molar-refractivity contribution < 1.29 is 0 Å². The van der Waals surface area contributed by atoms with Crippen LogP contribution in [0.5, 0.6) is 0 Å². The molecule has 2 rings (SSSR count). The van der Waals surface area contributed by atoms with Gasteiger partial charge < -0.3 is 11.1 Å². The highest BCUT2D eigenvalue weighted by Gasteiger charge is 2.14. The lowest BCUT2D eigenvalue weighted by Crippen LogP contribution is -2.17. The molecule has 0 spiro atoms. The summed E-state index contributed by atoms with van der Waals surface area (Å²) in [6.07, 6.45) is 8.79. The third-order valence-corrected chi connectivity index (χ3v) is 3.65. The minimum absolute atomic E-state index is 0.589. The Labute approximate surface area is 109 Å². The van der Waals surface area contributed by atoms with Gasteiger partial charge >= 0.3 is 0 Å². The Morgan fingerprint density at radius 3 is 2.94 bits per heavy atom. The van der Waals surface area contributed by atoms with Crippen molar-refractivity contribution in [3.63, 3.8) is 0 Å². The third kappa shape index (κ3) is 3.42. The van der Waals surface area contributed by atoms with Crippen LogP contribution in [-0.2, 0) is 12.8 Å². The second-order valence-electron chi connectivity index (χ2n) is 5.27. The molecule has 4 nitrogen and oxygen atoms in total. The van der Waals surface area contributed by atoms with Gasteiger partial charge in [0.25, 0.3) is 0 Å². The first-order valence-corrected chi connectivity index (χ1v) is 7.08. The lowest BCUT2D eigenvalue weighted by atomic mass is 10.1. The molecule has 4 heteroatoms. The quantitative estimate of drug-likeness (QED) is 0.784. The molecule has 0 fully saturated rings. The first kappa shape index (κ1) is 13.3. The molecule has 0 amide bonds. The number of hydrogen-bond donors (Lipinski definition) is 2. The molecule has 0 saturated heterocycles. The summed E-state index contributed by atoms with van der Waals surface area (Å²) in [5, 5.41) is 3.48. The Morgan fingerprint density at radius 1 is 1.28 bits per heavy atom. The van der Waals surface area contributed by atoms with E-state index in [0.717, 1.165) is 38.2 Å². The molecule has 18 heavy (non-hydrogen) atoms. The number of anilines is 1. The molecule has 0 aromatic carbocycles. The van der Waals surface area contributed by atoms with Crippen LogP contribution in [0, 0.1) is 5.92 Å². The Bertz CT molecular complexity index is 378. The zero-order chi connectivity index (χ0) is 12.8. The Hall–Kier alpha value is -1.16. The van der Waals surface area contributed by atoms with E-state index in [0.29, 0.717) is 5.92 Å². The zero-order valence-corrected chi connectivity index (χ0v) is 11.3. The predicted molar refractivity (Wildman–Crippen MR) is 74.6 cm³/mol. The number of aromatic nitrogens is 2. The predicted octanol–water partition coefficient (Wildman–Crippen LogP) is 2.14. The van der Waals surface area contributed by atoms with E-state index in [1.165, 1.54) is 30.5 Å². The van der Waals surface area contributed by atoms with Gasteiger partial charge in [-0.1, -0.05) is 13.3 Å². The maximum Gasteiger partial charge on any atom is 0.132 e. The summed E-state index contributed by atoms with van der Waals surface area (Å²) < 4.78 is 0. The second-order valence-corrected chi connectivity index (χ2v) is 5.27. The molecule has 0 saturated carbocycles. The molecule has 1 atom stereocenters. The van der Waals surface area contributed by atoms with E-state index >= 15 is 0 Å². The molecule has 1 unspecified atom stereocenters. The standard InChI is InChI=1S/C14H24N4/c1-11(7-8-15)9-16-14-12-5-3-2-4-6-13(12)17-10-18-14/h10-11H,2-9,15H2,1H3,(H,16,17,18). The SMILES string of the molecule is CC(CCN)CNc1ncnc2c1CCCCC2. The van der Waals surface area contributed by atoms with Gasteiger partial charge in [-0.2, -0.15) is 0 Å². The van der Waals surface area contributed by atoms with Crippen molar-refractivity contribution in [3.05, 3.63) is 17.6 Å². The van der Waals surface area contributed by atoms with E-state index < -0.39 is 0 Å². The maximum absolute atomic E-state index is 5.58. The molecular formula is C14H24N4. The molecule has 1 aliphatic carbocycles. The summed E-state index contributed by atoms with van der Waals surface area (Å²) in [5.41, 5.74) is 8.17. The van der Waals surface area contributed by atoms with E-state index in [1.54, 1.807) is 6.33 Å². The number of fused-ring (bicyclic) bond motifs is 1. The van der Waals surface area contributed by atoms with Gasteiger partial charge in [-0.05, 0) is 44.6 Å². The number of nitrogens with one attached hydrogen (secondary N) is 1. The van der Waals surface area contributed by atoms with Crippen molar-refractivity contribution >= 4 is 5.82 Å². The monoisotopic (exact) mass is 248 g/mol. The fourth-order valence-corrected chi connectivity index (χ4v) is 2.51. The Kier molecular flexibility index (Phi) is 4.93. The summed E-state index contributed by atoms with van der Waals surface area (Å²) in [6.45, 7) is 3.92. The summed E-state index contributed by atoms with van der Waals surface area (Å²) in [5.74, 6) is 1.64. The maximum atomic E-state index is 5.58. The molecule has 0 bridgehead atoms. The fraction of sp³-hybridized carbons (Fsp3) is 0.714. The first-order chi connectivity index (χ1) is 8.81. The van der Waals surface area contributed by atoms with E-state index in [9.17, 15) is 0 Å². The van der Waals surface area contributed by atoms with Crippen LogP contribution in [0.3, 0.4) is 0 Å². The van der Waals surface area contributed by atoms with Crippen molar-refractivity contribution in [1.29, 1.82) is 0 Å².